The van der Waals surface area contributed by atoms with Crippen molar-refractivity contribution < 1.29 is 49.2 Å². The molecule has 14 heteroatoms. The van der Waals surface area contributed by atoms with Crippen molar-refractivity contribution in [3.8, 4) is 0 Å². The third kappa shape index (κ3) is 19.9. The summed E-state index contributed by atoms with van der Waals surface area (Å²) >= 11 is 3.87. The number of ketones is 1. The van der Waals surface area contributed by atoms with Crippen molar-refractivity contribution in [3.05, 3.63) is 24.3 Å². The Morgan fingerprint density at radius 3 is 2.25 bits per heavy atom. The molecule has 0 saturated heterocycles. The summed E-state index contributed by atoms with van der Waals surface area (Å²) in [5.41, 5.74) is 5.23. The average molecular weight is 644 g/mol. The maximum absolute atomic E-state index is 12.0. The molecule has 2 amide bonds. The second-order valence-corrected chi connectivity index (χ2v) is 11.0. The van der Waals surface area contributed by atoms with Gasteiger partial charge in [-0.25, -0.2) is 0 Å². The van der Waals surface area contributed by atoms with Gasteiger partial charge >= 0.3 is 17.9 Å². The number of nitrogens with one attached hydrogen (secondary N) is 2. The lowest BCUT2D eigenvalue weighted by Gasteiger charge is -2.16. The predicted octanol–water partition coefficient (Wildman–Crippen LogP) is 2.07. The molecule has 0 heterocycles. The summed E-state index contributed by atoms with van der Waals surface area (Å²) in [7, 11) is 0. The van der Waals surface area contributed by atoms with E-state index in [0.29, 0.717) is 6.42 Å². The fraction of sp³-hybridized carbons (Fsp3) is 0.667. The molecule has 0 aromatic heterocycles. The van der Waals surface area contributed by atoms with E-state index in [-0.39, 0.29) is 42.6 Å². The van der Waals surface area contributed by atoms with E-state index >= 15 is 0 Å². The fourth-order valence-electron chi connectivity index (χ4n) is 4.29. The number of amides is 2. The molecule has 1 aliphatic rings. The van der Waals surface area contributed by atoms with Crippen LogP contribution in [0.5, 0.6) is 0 Å². The van der Waals surface area contributed by atoms with Crippen LogP contribution >= 0.6 is 12.6 Å². The Morgan fingerprint density at radius 1 is 0.977 bits per heavy atom. The average Bonchev–Trinajstić information content (AvgIpc) is 3.32. The quantitative estimate of drug-likeness (QED) is 0.0483. The molecule has 0 fully saturated rings. The molecule has 250 valence electrons. The Balaban J connectivity index is 0.000000856. The first-order valence-corrected chi connectivity index (χ1v) is 15.6. The van der Waals surface area contributed by atoms with E-state index in [4.69, 9.17) is 21.1 Å². The number of unbranched alkanes of at least 4 members (excludes halogenated alkanes) is 5. The Morgan fingerprint density at radius 2 is 1.66 bits per heavy atom. The first-order valence-electron chi connectivity index (χ1n) is 15.0. The molecule has 5 atom stereocenters. The summed E-state index contributed by atoms with van der Waals surface area (Å²) < 4.78 is 0. The van der Waals surface area contributed by atoms with Crippen molar-refractivity contribution in [2.45, 2.75) is 102 Å². The zero-order valence-corrected chi connectivity index (χ0v) is 26.3. The van der Waals surface area contributed by atoms with Gasteiger partial charge in [0.2, 0.25) is 11.8 Å². The van der Waals surface area contributed by atoms with Crippen LogP contribution in [-0.4, -0.2) is 86.4 Å². The van der Waals surface area contributed by atoms with Crippen molar-refractivity contribution in [2.75, 3.05) is 12.3 Å². The predicted molar refractivity (Wildman–Crippen MR) is 167 cm³/mol. The number of carbonyl (C=O) groups excluding carboxylic acids is 3. The number of nitrogens with two attached hydrogens (primary N) is 1. The highest BCUT2D eigenvalue weighted by Gasteiger charge is 2.27. The molecule has 0 unspecified atom stereocenters. The SMILES string of the molecule is CCCCC[C@H](O)C=C[C@H]1C=CC(=O)[C@@H]1CCCCCCC(=O)O.N[C@@H](CCC(=O)N[C@@H](CS)C(=O)NCC(=O)O)C(=O)O. The van der Waals surface area contributed by atoms with Gasteiger partial charge in [-0.05, 0) is 31.8 Å². The van der Waals surface area contributed by atoms with E-state index in [0.717, 1.165) is 51.4 Å². The maximum atomic E-state index is 12.0. The van der Waals surface area contributed by atoms with Gasteiger partial charge in [-0.2, -0.15) is 12.6 Å². The molecule has 8 N–H and O–H groups in total. The minimum atomic E-state index is -1.22. The summed E-state index contributed by atoms with van der Waals surface area (Å²) in [6.45, 7) is 1.58. The lowest BCUT2D eigenvalue weighted by molar-refractivity contribution is -0.139. The van der Waals surface area contributed by atoms with Gasteiger partial charge in [0.25, 0.3) is 0 Å². The van der Waals surface area contributed by atoms with Crippen LogP contribution in [0.15, 0.2) is 24.3 Å². The number of aliphatic hydroxyl groups is 1. The van der Waals surface area contributed by atoms with Crippen LogP contribution in [0.4, 0.5) is 0 Å². The molecule has 1 rings (SSSR count). The van der Waals surface area contributed by atoms with Gasteiger partial charge in [-0.15, -0.1) is 0 Å². The molecule has 0 aromatic rings. The van der Waals surface area contributed by atoms with Crippen molar-refractivity contribution in [1.82, 2.24) is 10.6 Å². The summed E-state index contributed by atoms with van der Waals surface area (Å²) in [6.07, 6.45) is 15.4. The lowest BCUT2D eigenvalue weighted by Crippen LogP contribution is -2.49. The number of allylic oxidation sites excluding steroid dienone is 3. The van der Waals surface area contributed by atoms with Gasteiger partial charge in [0, 0.05) is 30.4 Å². The van der Waals surface area contributed by atoms with E-state index in [1.54, 1.807) is 6.08 Å². The number of aliphatic carboxylic acids is 3. The summed E-state index contributed by atoms with van der Waals surface area (Å²) in [6, 6.07) is -2.15. The zero-order chi connectivity index (χ0) is 33.5. The molecule has 44 heavy (non-hydrogen) atoms. The lowest BCUT2D eigenvalue weighted by atomic mass is 9.88. The molecule has 13 nitrogen and oxygen atoms in total. The minimum absolute atomic E-state index is 0.0106. The van der Waals surface area contributed by atoms with Crippen LogP contribution < -0.4 is 16.4 Å². The summed E-state index contributed by atoms with van der Waals surface area (Å²) in [5, 5.41) is 39.9. The highest BCUT2D eigenvalue weighted by atomic mass is 32.1. The van der Waals surface area contributed by atoms with Gasteiger partial charge < -0.3 is 36.8 Å². The number of carboxylic acid groups (broad SMARTS) is 3. The largest absolute Gasteiger partial charge is 0.481 e. The number of carboxylic acids is 3. The van der Waals surface area contributed by atoms with Gasteiger partial charge in [0.1, 0.15) is 18.6 Å². The third-order valence-corrected chi connectivity index (χ3v) is 7.24. The monoisotopic (exact) mass is 643 g/mol. The van der Waals surface area contributed by atoms with E-state index in [1.165, 1.54) is 0 Å². The van der Waals surface area contributed by atoms with Crippen LogP contribution in [0.2, 0.25) is 0 Å². The van der Waals surface area contributed by atoms with E-state index in [2.05, 4.69) is 30.2 Å². The molecular weight excluding hydrogens is 594 g/mol. The minimum Gasteiger partial charge on any atom is -0.481 e. The van der Waals surface area contributed by atoms with Crippen LogP contribution in [-0.2, 0) is 28.8 Å². The highest BCUT2D eigenvalue weighted by molar-refractivity contribution is 7.80. The molecule has 0 aromatic carbocycles. The second kappa shape index (κ2) is 24.1. The topological polar surface area (TPSA) is 233 Å². The number of rotatable bonds is 22. The number of thiol groups is 1. The third-order valence-electron chi connectivity index (χ3n) is 6.88. The first kappa shape index (κ1) is 40.8. The second-order valence-electron chi connectivity index (χ2n) is 10.6. The molecule has 0 radical (unpaired) electrons. The van der Waals surface area contributed by atoms with Crippen LogP contribution in [0.3, 0.4) is 0 Å². The van der Waals surface area contributed by atoms with Gasteiger partial charge in [0.05, 0.1) is 6.10 Å². The normalized spacial score (nSPS) is 17.8. The summed E-state index contributed by atoms with van der Waals surface area (Å²) in [5.74, 6) is -4.19. The molecule has 1 aliphatic carbocycles. The maximum Gasteiger partial charge on any atom is 0.322 e. The van der Waals surface area contributed by atoms with E-state index < -0.39 is 54.5 Å². The van der Waals surface area contributed by atoms with E-state index in [9.17, 15) is 33.9 Å². The van der Waals surface area contributed by atoms with Gasteiger partial charge in [0.15, 0.2) is 5.78 Å². The standard InChI is InChI=1S/C20H32O4.C10H17N3O6S/c1-2-3-6-9-17(21)14-12-16-13-15-19(22)18(16)10-7-4-5-8-11-20(23)24;11-5(10(18)19)1-2-7(14)13-6(4-20)9(17)12-3-8(15)16/h12-18,21H,2-11H2,1H3,(H,23,24);5-6,20H,1-4,11H2,(H,12,17)(H,13,14)(H,15,16)(H,18,19)/t16-,17-,18+;5-,6-/m00/s1. The van der Waals surface area contributed by atoms with Crippen molar-refractivity contribution in [3.63, 3.8) is 0 Å². The zero-order valence-electron chi connectivity index (χ0n) is 25.4. The number of hydrogen-bond donors (Lipinski definition) is 8. The summed E-state index contributed by atoms with van der Waals surface area (Å²) in [4.78, 5) is 66.2. The van der Waals surface area contributed by atoms with Crippen molar-refractivity contribution in [2.24, 2.45) is 17.6 Å². The van der Waals surface area contributed by atoms with Crippen LogP contribution in [0, 0.1) is 11.8 Å². The highest BCUT2D eigenvalue weighted by Crippen LogP contribution is 2.29. The smallest absolute Gasteiger partial charge is 0.322 e. The fourth-order valence-corrected chi connectivity index (χ4v) is 4.55. The molecule has 0 spiro atoms. The molecule has 0 bridgehead atoms. The van der Waals surface area contributed by atoms with Crippen LogP contribution in [0.1, 0.15) is 84.0 Å². The Labute approximate surface area is 264 Å². The van der Waals surface area contributed by atoms with Crippen molar-refractivity contribution in [1.29, 1.82) is 0 Å². The van der Waals surface area contributed by atoms with Gasteiger partial charge in [-0.3, -0.25) is 28.8 Å². The molecule has 0 saturated carbocycles. The van der Waals surface area contributed by atoms with Crippen LogP contribution in [0.25, 0.3) is 0 Å². The number of hydrogen-bond acceptors (Lipinski definition) is 9. The number of aliphatic hydroxyl groups excluding tert-OH is 1. The molecule has 0 aliphatic heterocycles. The van der Waals surface area contributed by atoms with Crippen molar-refractivity contribution >= 4 is 48.1 Å². The Kier molecular flexibility index (Phi) is 22.4. The van der Waals surface area contributed by atoms with Gasteiger partial charge in [-0.1, -0.05) is 63.7 Å². The molecular formula is C30H49N3O10S. The Bertz CT molecular complexity index is 988. The van der Waals surface area contributed by atoms with E-state index in [1.807, 2.05) is 18.2 Å². The number of carbonyl (C=O) groups is 6. The first-order chi connectivity index (χ1) is 20.8. The Hall–Kier alpha value is -3.23.